The van der Waals surface area contributed by atoms with Gasteiger partial charge >= 0.3 is 0 Å². The average Bonchev–Trinajstić information content (AvgIpc) is 2.16. The molecule has 0 spiro atoms. The van der Waals surface area contributed by atoms with E-state index in [9.17, 15) is 0 Å². The molecule has 0 N–H and O–H groups in total. The van der Waals surface area contributed by atoms with Gasteiger partial charge in [0.05, 0.1) is 0 Å². The molecule has 0 atom stereocenters. The third kappa shape index (κ3) is 2.36. The minimum absolute atomic E-state index is 0.976. The van der Waals surface area contributed by atoms with Crippen LogP contribution in [0.4, 0.5) is 0 Å². The molecule has 1 nitrogen and oxygen atoms in total. The largest absolute Gasteiger partial charge is 0.298 e. The van der Waals surface area contributed by atoms with Crippen LogP contribution in [0.3, 0.4) is 0 Å². The maximum absolute atomic E-state index is 2.54. The molecule has 1 saturated heterocycles. The summed E-state index contributed by atoms with van der Waals surface area (Å²) in [7, 11) is 0. The van der Waals surface area contributed by atoms with Crippen LogP contribution >= 0.6 is 0 Å². The highest BCUT2D eigenvalue weighted by atomic mass is 15.2. The lowest BCUT2D eigenvalue weighted by atomic mass is 9.94. The second-order valence-corrected chi connectivity index (χ2v) is 4.33. The van der Waals surface area contributed by atoms with E-state index in [0.717, 1.165) is 12.5 Å². The van der Waals surface area contributed by atoms with Crippen LogP contribution in [0, 0.1) is 5.92 Å². The molecule has 1 aliphatic rings. The molecule has 1 heteroatoms. The van der Waals surface area contributed by atoms with Crippen LogP contribution in [-0.2, 0) is 6.54 Å². The Kier molecular flexibility index (Phi) is 3.20. The normalized spacial score (nSPS) is 18.1. The van der Waals surface area contributed by atoms with Crippen molar-refractivity contribution in [2.24, 2.45) is 5.92 Å². The molecule has 0 aromatic heterocycles. The first-order valence-corrected chi connectivity index (χ1v) is 5.64. The highest BCUT2D eigenvalue weighted by molar-refractivity contribution is 5.14. The fourth-order valence-corrected chi connectivity index (χ4v) is 2.24. The van der Waals surface area contributed by atoms with Crippen molar-refractivity contribution in [1.29, 1.82) is 0 Å². The van der Waals surface area contributed by atoms with E-state index in [1.54, 1.807) is 0 Å². The van der Waals surface area contributed by atoms with Gasteiger partial charge in [-0.25, -0.2) is 0 Å². The van der Waals surface area contributed by atoms with E-state index in [-0.39, 0.29) is 0 Å². The van der Waals surface area contributed by atoms with Crippen LogP contribution in [0.2, 0.25) is 0 Å². The zero-order chi connectivity index (χ0) is 9.80. The summed E-state index contributed by atoms with van der Waals surface area (Å²) in [5.41, 5.74) is 1.45. The molecule has 14 heavy (non-hydrogen) atoms. The molecule has 1 aromatic rings. The van der Waals surface area contributed by atoms with Crippen LogP contribution < -0.4 is 0 Å². The van der Waals surface area contributed by atoms with Gasteiger partial charge in [-0.3, -0.25) is 4.90 Å². The van der Waals surface area contributed by atoms with Crippen LogP contribution in [0.15, 0.2) is 30.3 Å². The van der Waals surface area contributed by atoms with Crippen molar-refractivity contribution < 1.29 is 0 Å². The molecule has 0 unspecified atom stereocenters. The van der Waals surface area contributed by atoms with Crippen molar-refractivity contribution >= 4 is 0 Å². The molecule has 1 heterocycles. The monoisotopic (exact) mass is 189 g/mol. The Balaban J connectivity index is 1.74. The minimum atomic E-state index is 0.976. The molecule has 0 saturated carbocycles. The van der Waals surface area contributed by atoms with E-state index in [4.69, 9.17) is 0 Å². The molecule has 76 valence electrons. The molecule has 0 aliphatic carbocycles. The molecule has 1 aliphatic heterocycles. The Bertz CT molecular complexity index is 262. The van der Waals surface area contributed by atoms with E-state index in [1.807, 2.05) is 0 Å². The average molecular weight is 189 g/mol. The lowest BCUT2D eigenvalue weighted by Crippen LogP contribution is -2.45. The summed E-state index contributed by atoms with van der Waals surface area (Å²) in [6, 6.07) is 10.8. The van der Waals surface area contributed by atoms with Crippen molar-refractivity contribution in [3.05, 3.63) is 35.9 Å². The van der Waals surface area contributed by atoms with Crippen LogP contribution in [0.25, 0.3) is 0 Å². The van der Waals surface area contributed by atoms with Gasteiger partial charge in [0.2, 0.25) is 0 Å². The Morgan fingerprint density at radius 3 is 2.57 bits per heavy atom. The smallest absolute Gasteiger partial charge is 0.0233 e. The fourth-order valence-electron chi connectivity index (χ4n) is 2.24. The van der Waals surface area contributed by atoms with E-state index in [2.05, 4.69) is 42.2 Å². The van der Waals surface area contributed by atoms with Crippen molar-refractivity contribution in [3.8, 4) is 0 Å². The predicted molar refractivity (Wildman–Crippen MR) is 60.1 cm³/mol. The van der Waals surface area contributed by atoms with Gasteiger partial charge in [0.25, 0.3) is 0 Å². The second-order valence-electron chi connectivity index (χ2n) is 4.33. The topological polar surface area (TPSA) is 3.24 Å². The fraction of sp³-hybridized carbons (Fsp3) is 0.538. The molecule has 0 amide bonds. The SMILES string of the molecule is CCCC1CN(Cc2ccccc2)C1. The minimum Gasteiger partial charge on any atom is -0.298 e. The summed E-state index contributed by atoms with van der Waals surface area (Å²) in [5.74, 6) is 0.976. The Morgan fingerprint density at radius 1 is 1.21 bits per heavy atom. The first kappa shape index (κ1) is 9.72. The molecular formula is C13H19N. The van der Waals surface area contributed by atoms with Crippen molar-refractivity contribution in [3.63, 3.8) is 0 Å². The molecule has 2 rings (SSSR count). The van der Waals surface area contributed by atoms with Gasteiger partial charge in [-0.1, -0.05) is 43.7 Å². The summed E-state index contributed by atoms with van der Waals surface area (Å²) < 4.78 is 0. The first-order chi connectivity index (χ1) is 6.88. The summed E-state index contributed by atoms with van der Waals surface area (Å²) in [6.07, 6.45) is 2.75. The molecule has 0 radical (unpaired) electrons. The Morgan fingerprint density at radius 2 is 1.93 bits per heavy atom. The van der Waals surface area contributed by atoms with E-state index >= 15 is 0 Å². The maximum Gasteiger partial charge on any atom is 0.0233 e. The molecule has 1 aromatic carbocycles. The summed E-state index contributed by atoms with van der Waals surface area (Å²) in [4.78, 5) is 2.54. The third-order valence-electron chi connectivity index (χ3n) is 2.98. The van der Waals surface area contributed by atoms with E-state index < -0.39 is 0 Å². The quantitative estimate of drug-likeness (QED) is 0.704. The number of hydrogen-bond acceptors (Lipinski definition) is 1. The lowest BCUT2D eigenvalue weighted by molar-refractivity contribution is 0.0860. The molecule has 0 bridgehead atoms. The van der Waals surface area contributed by atoms with Gasteiger partial charge in [-0.05, 0) is 17.9 Å². The number of benzene rings is 1. The lowest BCUT2D eigenvalue weighted by Gasteiger charge is -2.39. The van der Waals surface area contributed by atoms with Gasteiger partial charge < -0.3 is 0 Å². The Hall–Kier alpha value is -0.820. The summed E-state index contributed by atoms with van der Waals surface area (Å²) in [6.45, 7) is 6.03. The summed E-state index contributed by atoms with van der Waals surface area (Å²) in [5, 5.41) is 0. The first-order valence-electron chi connectivity index (χ1n) is 5.64. The number of hydrogen-bond donors (Lipinski definition) is 0. The van der Waals surface area contributed by atoms with Gasteiger partial charge in [-0.15, -0.1) is 0 Å². The van der Waals surface area contributed by atoms with Gasteiger partial charge in [0, 0.05) is 19.6 Å². The van der Waals surface area contributed by atoms with Crippen molar-refractivity contribution in [1.82, 2.24) is 4.90 Å². The second kappa shape index (κ2) is 4.61. The Labute approximate surface area is 86.7 Å². The highest BCUT2D eigenvalue weighted by Crippen LogP contribution is 2.22. The summed E-state index contributed by atoms with van der Waals surface area (Å²) >= 11 is 0. The standard InChI is InChI=1S/C13H19N/c1-2-6-13-10-14(11-13)9-12-7-4-3-5-8-12/h3-5,7-8,13H,2,6,9-11H2,1H3. The predicted octanol–water partition coefficient (Wildman–Crippen LogP) is 2.92. The van der Waals surface area contributed by atoms with Crippen molar-refractivity contribution in [2.45, 2.75) is 26.3 Å². The van der Waals surface area contributed by atoms with Crippen molar-refractivity contribution in [2.75, 3.05) is 13.1 Å². The zero-order valence-electron chi connectivity index (χ0n) is 8.95. The van der Waals surface area contributed by atoms with Gasteiger partial charge in [0.15, 0.2) is 0 Å². The van der Waals surface area contributed by atoms with E-state index in [1.165, 1.54) is 31.5 Å². The molecule has 1 fully saturated rings. The van der Waals surface area contributed by atoms with Crippen LogP contribution in [0.5, 0.6) is 0 Å². The van der Waals surface area contributed by atoms with Gasteiger partial charge in [0.1, 0.15) is 0 Å². The van der Waals surface area contributed by atoms with Crippen LogP contribution in [0.1, 0.15) is 25.3 Å². The third-order valence-corrected chi connectivity index (χ3v) is 2.98. The van der Waals surface area contributed by atoms with Gasteiger partial charge in [-0.2, -0.15) is 0 Å². The number of likely N-dealkylation sites (tertiary alicyclic amines) is 1. The van der Waals surface area contributed by atoms with Crippen LogP contribution in [-0.4, -0.2) is 18.0 Å². The maximum atomic E-state index is 2.54. The number of rotatable bonds is 4. The van der Waals surface area contributed by atoms with E-state index in [0.29, 0.717) is 0 Å². The number of nitrogens with zero attached hydrogens (tertiary/aromatic N) is 1. The zero-order valence-corrected chi connectivity index (χ0v) is 8.95. The molecular weight excluding hydrogens is 170 g/mol. The highest BCUT2D eigenvalue weighted by Gasteiger charge is 2.25.